The lowest BCUT2D eigenvalue weighted by molar-refractivity contribution is -0.129. The van der Waals surface area contributed by atoms with E-state index in [2.05, 4.69) is 45.9 Å². The van der Waals surface area contributed by atoms with Crippen LogP contribution in [-0.2, 0) is 11.3 Å². The van der Waals surface area contributed by atoms with E-state index in [0.717, 1.165) is 39.0 Å². The third kappa shape index (κ3) is 6.23. The number of urea groups is 1. The molecule has 2 heterocycles. The molecule has 2 aliphatic rings. The quantitative estimate of drug-likeness (QED) is 0.790. The smallest absolute Gasteiger partial charge is 0.315 e. The number of nitrogens with one attached hydrogen (secondary N) is 2. The molecule has 0 bridgehead atoms. The summed E-state index contributed by atoms with van der Waals surface area (Å²) in [7, 11) is 0. The first-order valence-corrected chi connectivity index (χ1v) is 10.7. The molecule has 2 saturated heterocycles. The second-order valence-electron chi connectivity index (χ2n) is 8.12. The van der Waals surface area contributed by atoms with Gasteiger partial charge in [-0.25, -0.2) is 4.79 Å². The summed E-state index contributed by atoms with van der Waals surface area (Å²) in [6.07, 6.45) is 4.97. The van der Waals surface area contributed by atoms with Gasteiger partial charge in [0.2, 0.25) is 5.91 Å². The van der Waals surface area contributed by atoms with Crippen LogP contribution in [0.1, 0.15) is 44.6 Å². The van der Waals surface area contributed by atoms with Crippen LogP contribution in [0.3, 0.4) is 0 Å². The third-order valence-corrected chi connectivity index (χ3v) is 5.83. The molecule has 2 aliphatic heterocycles. The molecule has 2 fully saturated rings. The molecule has 3 amide bonds. The molecule has 0 aliphatic carbocycles. The highest BCUT2D eigenvalue weighted by Gasteiger charge is 2.26. The van der Waals surface area contributed by atoms with Crippen LogP contribution in [0.25, 0.3) is 0 Å². The summed E-state index contributed by atoms with van der Waals surface area (Å²) in [5, 5.41) is 6.11. The number of likely N-dealkylation sites (tertiary alicyclic amines) is 2. The first-order valence-electron chi connectivity index (χ1n) is 10.7. The third-order valence-electron chi connectivity index (χ3n) is 5.83. The number of hydrogen-bond donors (Lipinski definition) is 2. The van der Waals surface area contributed by atoms with Crippen molar-refractivity contribution in [3.63, 3.8) is 0 Å². The number of carbonyl (C=O) groups excluding carboxylic acids is 2. The van der Waals surface area contributed by atoms with E-state index in [-0.39, 0.29) is 18.0 Å². The van der Waals surface area contributed by atoms with Crippen LogP contribution in [0.15, 0.2) is 30.3 Å². The Morgan fingerprint density at radius 3 is 2.68 bits per heavy atom. The second-order valence-corrected chi connectivity index (χ2v) is 8.12. The van der Waals surface area contributed by atoms with Gasteiger partial charge >= 0.3 is 6.03 Å². The molecule has 1 aromatic carbocycles. The van der Waals surface area contributed by atoms with Crippen LogP contribution in [0.5, 0.6) is 0 Å². The van der Waals surface area contributed by atoms with Gasteiger partial charge in [0.25, 0.3) is 0 Å². The van der Waals surface area contributed by atoms with Gasteiger partial charge in [0.15, 0.2) is 0 Å². The van der Waals surface area contributed by atoms with Crippen molar-refractivity contribution in [1.82, 2.24) is 20.4 Å². The van der Waals surface area contributed by atoms with Crippen molar-refractivity contribution in [2.24, 2.45) is 5.92 Å². The van der Waals surface area contributed by atoms with Gasteiger partial charge < -0.3 is 15.5 Å². The van der Waals surface area contributed by atoms with Crippen molar-refractivity contribution in [1.29, 1.82) is 0 Å². The van der Waals surface area contributed by atoms with Crippen molar-refractivity contribution >= 4 is 11.9 Å². The summed E-state index contributed by atoms with van der Waals surface area (Å²) in [6, 6.07) is 10.6. The molecule has 6 heteroatoms. The normalized spacial score (nSPS) is 23.2. The molecule has 0 aromatic heterocycles. The summed E-state index contributed by atoms with van der Waals surface area (Å²) in [6.45, 7) is 7.10. The van der Waals surface area contributed by atoms with Crippen molar-refractivity contribution < 1.29 is 9.59 Å². The molecule has 2 unspecified atom stereocenters. The van der Waals surface area contributed by atoms with E-state index in [0.29, 0.717) is 25.4 Å². The lowest BCUT2D eigenvalue weighted by Gasteiger charge is -2.25. The molecular weight excluding hydrogens is 352 g/mol. The summed E-state index contributed by atoms with van der Waals surface area (Å²) in [5.74, 6) is 0.653. The van der Waals surface area contributed by atoms with Gasteiger partial charge in [0.05, 0.1) is 0 Å². The minimum absolute atomic E-state index is 0.0687. The highest BCUT2D eigenvalue weighted by Crippen LogP contribution is 2.18. The van der Waals surface area contributed by atoms with Gasteiger partial charge in [-0.15, -0.1) is 0 Å². The molecule has 6 nitrogen and oxygen atoms in total. The fourth-order valence-corrected chi connectivity index (χ4v) is 4.27. The van der Waals surface area contributed by atoms with Crippen molar-refractivity contribution in [3.8, 4) is 0 Å². The zero-order chi connectivity index (χ0) is 19.8. The Kier molecular flexibility index (Phi) is 7.71. The van der Waals surface area contributed by atoms with Crippen molar-refractivity contribution in [2.75, 3.05) is 32.7 Å². The number of benzene rings is 1. The zero-order valence-corrected chi connectivity index (χ0v) is 17.0. The Morgan fingerprint density at radius 2 is 1.89 bits per heavy atom. The average Bonchev–Trinajstić information content (AvgIpc) is 3.05. The Labute approximate surface area is 168 Å². The molecule has 2 N–H and O–H groups in total. The van der Waals surface area contributed by atoms with E-state index in [1.165, 1.54) is 18.4 Å². The molecule has 154 valence electrons. The maximum absolute atomic E-state index is 12.3. The highest BCUT2D eigenvalue weighted by atomic mass is 16.2. The summed E-state index contributed by atoms with van der Waals surface area (Å²) < 4.78 is 0. The predicted octanol–water partition coefficient (Wildman–Crippen LogP) is 2.60. The lowest BCUT2D eigenvalue weighted by Crippen LogP contribution is -2.46. The molecule has 2 atom stereocenters. The van der Waals surface area contributed by atoms with Crippen LogP contribution in [0.2, 0.25) is 0 Å². The summed E-state index contributed by atoms with van der Waals surface area (Å²) in [4.78, 5) is 28.4. The summed E-state index contributed by atoms with van der Waals surface area (Å²) in [5.41, 5.74) is 1.35. The van der Waals surface area contributed by atoms with E-state index in [1.807, 2.05) is 11.8 Å². The Bertz CT molecular complexity index is 637. The largest absolute Gasteiger partial charge is 0.341 e. The first-order chi connectivity index (χ1) is 13.6. The number of rotatable bonds is 6. The van der Waals surface area contributed by atoms with Gasteiger partial charge in [0.1, 0.15) is 0 Å². The molecular formula is C22H34N4O2. The van der Waals surface area contributed by atoms with E-state index >= 15 is 0 Å². The molecule has 0 saturated carbocycles. The van der Waals surface area contributed by atoms with Crippen LogP contribution < -0.4 is 10.6 Å². The van der Waals surface area contributed by atoms with E-state index < -0.39 is 0 Å². The minimum Gasteiger partial charge on any atom is -0.341 e. The van der Waals surface area contributed by atoms with Crippen LogP contribution in [0, 0.1) is 5.92 Å². The molecule has 28 heavy (non-hydrogen) atoms. The minimum atomic E-state index is -0.102. The maximum atomic E-state index is 12.3. The Balaban J connectivity index is 1.40. The number of carbonyl (C=O) groups is 2. The monoisotopic (exact) mass is 386 g/mol. The van der Waals surface area contributed by atoms with Crippen molar-refractivity contribution in [3.05, 3.63) is 35.9 Å². The van der Waals surface area contributed by atoms with Gasteiger partial charge in [-0.2, -0.15) is 0 Å². The fourth-order valence-electron chi connectivity index (χ4n) is 4.27. The molecule has 0 radical (unpaired) electrons. The topological polar surface area (TPSA) is 64.7 Å². The van der Waals surface area contributed by atoms with Crippen LogP contribution in [-0.4, -0.2) is 60.5 Å². The van der Waals surface area contributed by atoms with Gasteiger partial charge in [0, 0.05) is 45.2 Å². The van der Waals surface area contributed by atoms with Gasteiger partial charge in [-0.05, 0) is 37.3 Å². The maximum Gasteiger partial charge on any atom is 0.315 e. The number of amides is 3. The predicted molar refractivity (Wildman–Crippen MR) is 111 cm³/mol. The van der Waals surface area contributed by atoms with E-state index in [1.54, 1.807) is 0 Å². The average molecular weight is 387 g/mol. The van der Waals surface area contributed by atoms with E-state index in [4.69, 9.17) is 0 Å². The van der Waals surface area contributed by atoms with Gasteiger partial charge in [-0.3, -0.25) is 9.69 Å². The summed E-state index contributed by atoms with van der Waals surface area (Å²) >= 11 is 0. The SMILES string of the molecule is CCC(=O)N1CCC(NC(=O)NCC2CCCCN(Cc3ccccc3)C2)C1. The highest BCUT2D eigenvalue weighted by molar-refractivity contribution is 5.77. The van der Waals surface area contributed by atoms with Crippen molar-refractivity contribution in [2.45, 2.75) is 51.6 Å². The van der Waals surface area contributed by atoms with Crippen LogP contribution in [0.4, 0.5) is 4.79 Å². The number of hydrogen-bond acceptors (Lipinski definition) is 3. The van der Waals surface area contributed by atoms with Gasteiger partial charge in [-0.1, -0.05) is 43.7 Å². The fraction of sp³-hybridized carbons (Fsp3) is 0.636. The second kappa shape index (κ2) is 10.5. The standard InChI is InChI=1S/C22H34N4O2/c1-2-21(27)26-13-11-20(17-26)24-22(28)23-14-19-10-6-7-12-25(16-19)15-18-8-4-3-5-9-18/h3-5,8-9,19-20H,2,6-7,10-17H2,1H3,(H2,23,24,28). The number of nitrogens with zero attached hydrogens (tertiary/aromatic N) is 2. The van der Waals surface area contributed by atoms with Crippen LogP contribution >= 0.6 is 0 Å². The Hall–Kier alpha value is -2.08. The zero-order valence-electron chi connectivity index (χ0n) is 17.0. The van der Waals surface area contributed by atoms with E-state index in [9.17, 15) is 9.59 Å². The first kappa shape index (κ1) is 20.6. The lowest BCUT2D eigenvalue weighted by atomic mass is 10.0. The molecule has 1 aromatic rings. The molecule has 3 rings (SSSR count). The molecule has 0 spiro atoms. The Morgan fingerprint density at radius 1 is 1.07 bits per heavy atom.